The molecule has 0 aliphatic carbocycles. The summed E-state index contributed by atoms with van der Waals surface area (Å²) in [6, 6.07) is 21.2. The highest BCUT2D eigenvalue weighted by Gasteiger charge is 2.17. The number of nitrogens with zero attached hydrogens (tertiary/aromatic N) is 2. The second-order valence-electron chi connectivity index (χ2n) is 7.51. The van der Waals surface area contributed by atoms with Crippen LogP contribution in [0, 0.1) is 0 Å². The molecule has 1 aliphatic heterocycles. The second-order valence-corrected chi connectivity index (χ2v) is 7.51. The third kappa shape index (κ3) is 4.61. The number of phenols is 2. The molecule has 1 heterocycles. The first-order valence-electron chi connectivity index (χ1n) is 10.1. The van der Waals surface area contributed by atoms with Gasteiger partial charge in [0.2, 0.25) is 0 Å². The molecule has 5 heteroatoms. The van der Waals surface area contributed by atoms with E-state index in [-0.39, 0.29) is 11.5 Å². The summed E-state index contributed by atoms with van der Waals surface area (Å²) in [5, 5.41) is 19.2. The Bertz CT molecular complexity index is 1160. The van der Waals surface area contributed by atoms with Crippen LogP contribution in [-0.2, 0) is 6.54 Å². The van der Waals surface area contributed by atoms with Crippen molar-refractivity contribution in [2.45, 2.75) is 6.54 Å². The minimum atomic E-state index is -0.138. The van der Waals surface area contributed by atoms with Gasteiger partial charge in [0.05, 0.1) is 12.3 Å². The van der Waals surface area contributed by atoms with Crippen LogP contribution in [0.5, 0.6) is 11.5 Å². The SMILES string of the molecule is C=C(N)c1ccc(CN2CCN=C(/C=C/c3ccc(O)c(O)c3)c3ccccc32)cc1. The molecule has 3 aromatic carbocycles. The van der Waals surface area contributed by atoms with E-state index in [0.717, 1.165) is 41.2 Å². The minimum Gasteiger partial charge on any atom is -0.504 e. The number of phenolic OH excluding ortho intramolecular Hbond substituents is 2. The maximum atomic E-state index is 9.73. The van der Waals surface area contributed by atoms with Crippen molar-refractivity contribution in [3.05, 3.63) is 102 Å². The molecule has 4 N–H and O–H groups in total. The summed E-state index contributed by atoms with van der Waals surface area (Å²) >= 11 is 0. The van der Waals surface area contributed by atoms with E-state index in [4.69, 9.17) is 10.7 Å². The van der Waals surface area contributed by atoms with E-state index in [0.29, 0.717) is 12.2 Å². The highest BCUT2D eigenvalue weighted by atomic mass is 16.3. The molecule has 0 radical (unpaired) electrons. The van der Waals surface area contributed by atoms with E-state index in [1.165, 1.54) is 17.7 Å². The zero-order chi connectivity index (χ0) is 21.8. The lowest BCUT2D eigenvalue weighted by Crippen LogP contribution is -2.25. The Balaban J connectivity index is 1.59. The number of nitrogens with two attached hydrogens (primary N) is 1. The van der Waals surface area contributed by atoms with Crippen LogP contribution in [0.15, 0.2) is 84.4 Å². The molecule has 3 aromatic rings. The van der Waals surface area contributed by atoms with E-state index >= 15 is 0 Å². The molecular formula is C26H25N3O2. The molecule has 0 saturated carbocycles. The van der Waals surface area contributed by atoms with Crippen LogP contribution in [0.1, 0.15) is 22.3 Å². The largest absolute Gasteiger partial charge is 0.504 e. The van der Waals surface area contributed by atoms with Crippen LogP contribution in [0.3, 0.4) is 0 Å². The standard InChI is InChI=1S/C26H25N3O2/c1-18(27)21-10-6-20(7-11-21)17-29-15-14-28-23(22-4-2-3-5-24(22)29)12-8-19-9-13-25(30)26(31)16-19/h2-13,16,30-31H,1,14-15,17,27H2/b12-8+. The number of benzene rings is 3. The fraction of sp³-hybridized carbons (Fsp3) is 0.115. The molecule has 0 bridgehead atoms. The summed E-state index contributed by atoms with van der Waals surface area (Å²) in [6.07, 6.45) is 3.85. The number of fused-ring (bicyclic) bond motifs is 1. The molecule has 0 saturated heterocycles. The predicted molar refractivity (Wildman–Crippen MR) is 127 cm³/mol. The molecule has 0 amide bonds. The summed E-state index contributed by atoms with van der Waals surface area (Å²) < 4.78 is 0. The van der Waals surface area contributed by atoms with E-state index in [1.54, 1.807) is 6.07 Å². The van der Waals surface area contributed by atoms with Gasteiger partial charge < -0.3 is 20.8 Å². The molecule has 4 rings (SSSR count). The van der Waals surface area contributed by atoms with Gasteiger partial charge in [0.15, 0.2) is 11.5 Å². The normalized spacial score (nSPS) is 13.5. The summed E-state index contributed by atoms with van der Waals surface area (Å²) in [7, 11) is 0. The number of hydrogen-bond donors (Lipinski definition) is 3. The van der Waals surface area contributed by atoms with Crippen LogP contribution in [0.25, 0.3) is 11.8 Å². The van der Waals surface area contributed by atoms with Gasteiger partial charge in [0.1, 0.15) is 0 Å². The van der Waals surface area contributed by atoms with E-state index in [1.807, 2.05) is 36.4 Å². The Hall–Kier alpha value is -3.99. The number of allylic oxidation sites excluding steroid dienone is 1. The Kier molecular flexibility index (Phi) is 5.76. The monoisotopic (exact) mass is 411 g/mol. The van der Waals surface area contributed by atoms with E-state index in [2.05, 4.69) is 35.7 Å². The van der Waals surface area contributed by atoms with Gasteiger partial charge in [-0.1, -0.05) is 61.2 Å². The second kappa shape index (κ2) is 8.79. The maximum absolute atomic E-state index is 9.73. The summed E-state index contributed by atoms with van der Waals surface area (Å²) in [6.45, 7) is 6.04. The predicted octanol–water partition coefficient (Wildman–Crippen LogP) is 4.55. The number of aromatic hydroxyl groups is 2. The molecule has 31 heavy (non-hydrogen) atoms. The number of hydrogen-bond acceptors (Lipinski definition) is 5. The lowest BCUT2D eigenvalue weighted by Gasteiger charge is -2.25. The van der Waals surface area contributed by atoms with Crippen molar-refractivity contribution in [1.29, 1.82) is 0 Å². The van der Waals surface area contributed by atoms with Gasteiger partial charge in [-0.3, -0.25) is 4.99 Å². The van der Waals surface area contributed by atoms with Crippen LogP contribution in [-0.4, -0.2) is 29.0 Å². The quantitative estimate of drug-likeness (QED) is 0.538. The van der Waals surface area contributed by atoms with Gasteiger partial charge >= 0.3 is 0 Å². The van der Waals surface area contributed by atoms with Crippen molar-refractivity contribution in [1.82, 2.24) is 0 Å². The van der Waals surface area contributed by atoms with E-state index < -0.39 is 0 Å². The Morgan fingerprint density at radius 1 is 1.00 bits per heavy atom. The van der Waals surface area contributed by atoms with Crippen molar-refractivity contribution in [2.24, 2.45) is 10.7 Å². The summed E-state index contributed by atoms with van der Waals surface area (Å²) in [5.74, 6) is -0.269. The van der Waals surface area contributed by atoms with E-state index in [9.17, 15) is 10.2 Å². The number of benzodiazepines with no additional fused rings is 1. The first kappa shape index (κ1) is 20.3. The molecule has 0 fully saturated rings. The van der Waals surface area contributed by atoms with Gasteiger partial charge in [-0.2, -0.15) is 0 Å². The fourth-order valence-corrected chi connectivity index (χ4v) is 3.63. The number of anilines is 1. The topological polar surface area (TPSA) is 82.1 Å². The van der Waals surface area contributed by atoms with Crippen molar-refractivity contribution >= 4 is 23.2 Å². The summed E-state index contributed by atoms with van der Waals surface area (Å²) in [4.78, 5) is 7.13. The average molecular weight is 412 g/mol. The van der Waals surface area contributed by atoms with Crippen LogP contribution >= 0.6 is 0 Å². The number of para-hydroxylation sites is 1. The molecule has 0 aromatic heterocycles. The van der Waals surface area contributed by atoms with Gasteiger partial charge in [0.25, 0.3) is 0 Å². The first-order valence-corrected chi connectivity index (χ1v) is 10.1. The van der Waals surface area contributed by atoms with Crippen LogP contribution < -0.4 is 10.6 Å². The van der Waals surface area contributed by atoms with Crippen molar-refractivity contribution in [3.8, 4) is 11.5 Å². The molecule has 0 unspecified atom stereocenters. The van der Waals surface area contributed by atoms with Gasteiger partial charge in [-0.15, -0.1) is 0 Å². The molecule has 5 nitrogen and oxygen atoms in total. The molecule has 1 aliphatic rings. The first-order chi connectivity index (χ1) is 15.0. The zero-order valence-corrected chi connectivity index (χ0v) is 17.2. The van der Waals surface area contributed by atoms with Crippen LogP contribution in [0.2, 0.25) is 0 Å². The zero-order valence-electron chi connectivity index (χ0n) is 17.2. The Labute approximate surface area is 182 Å². The fourth-order valence-electron chi connectivity index (χ4n) is 3.63. The smallest absolute Gasteiger partial charge is 0.157 e. The summed E-state index contributed by atoms with van der Waals surface area (Å²) in [5.41, 5.74) is 12.4. The molecule has 0 atom stereocenters. The number of rotatable bonds is 5. The van der Waals surface area contributed by atoms with Gasteiger partial charge in [-0.05, 0) is 41.0 Å². The molecule has 156 valence electrons. The highest BCUT2D eigenvalue weighted by Crippen LogP contribution is 2.28. The minimum absolute atomic E-state index is 0.131. The lowest BCUT2D eigenvalue weighted by atomic mass is 10.0. The van der Waals surface area contributed by atoms with Crippen molar-refractivity contribution < 1.29 is 10.2 Å². The molecular weight excluding hydrogens is 386 g/mol. The lowest BCUT2D eigenvalue weighted by molar-refractivity contribution is 0.403. The Morgan fingerprint density at radius 2 is 1.77 bits per heavy atom. The highest BCUT2D eigenvalue weighted by molar-refractivity contribution is 6.14. The third-order valence-electron chi connectivity index (χ3n) is 5.30. The maximum Gasteiger partial charge on any atom is 0.157 e. The van der Waals surface area contributed by atoms with Crippen molar-refractivity contribution in [3.63, 3.8) is 0 Å². The molecule has 0 spiro atoms. The van der Waals surface area contributed by atoms with Gasteiger partial charge in [0, 0.05) is 30.0 Å². The number of aliphatic imine (C=N–C) groups is 1. The Morgan fingerprint density at radius 3 is 2.52 bits per heavy atom. The van der Waals surface area contributed by atoms with Gasteiger partial charge in [-0.25, -0.2) is 0 Å². The van der Waals surface area contributed by atoms with Crippen molar-refractivity contribution in [2.75, 3.05) is 18.0 Å². The average Bonchev–Trinajstić information content (AvgIpc) is 2.94. The third-order valence-corrected chi connectivity index (χ3v) is 5.30. The van der Waals surface area contributed by atoms with Crippen LogP contribution in [0.4, 0.5) is 5.69 Å².